The summed E-state index contributed by atoms with van der Waals surface area (Å²) in [6, 6.07) is 23.6. The molecule has 0 unspecified atom stereocenters. The Morgan fingerprint density at radius 2 is 1.71 bits per heavy atom. The number of nitrogens with zero attached hydrogens (tertiary/aromatic N) is 3. The Balaban J connectivity index is 1.49. The van der Waals surface area contributed by atoms with Gasteiger partial charge in [-0.15, -0.1) is 0 Å². The van der Waals surface area contributed by atoms with E-state index in [2.05, 4.69) is 5.10 Å². The number of rotatable bonds is 5. The highest BCUT2D eigenvalue weighted by Gasteiger charge is 2.30. The molecule has 0 N–H and O–H groups in total. The third-order valence-corrected chi connectivity index (χ3v) is 5.34. The molecule has 0 aliphatic carbocycles. The lowest BCUT2D eigenvalue weighted by atomic mass is 10.2. The predicted octanol–water partition coefficient (Wildman–Crippen LogP) is 4.79. The van der Waals surface area contributed by atoms with Crippen LogP contribution in [0.1, 0.15) is 21.6 Å². The number of aromatic nitrogens is 2. The Hall–Kier alpha value is -3.93. The summed E-state index contributed by atoms with van der Waals surface area (Å²) in [6.45, 7) is 0.909. The monoisotopic (exact) mass is 413 g/mol. The van der Waals surface area contributed by atoms with Crippen molar-refractivity contribution >= 4 is 11.6 Å². The molecule has 2 heterocycles. The molecule has 1 aliphatic rings. The summed E-state index contributed by atoms with van der Waals surface area (Å²) in [4.78, 5) is 15.2. The van der Waals surface area contributed by atoms with Crippen molar-refractivity contribution in [2.24, 2.45) is 0 Å². The fourth-order valence-electron chi connectivity index (χ4n) is 3.75. The molecule has 0 radical (unpaired) electrons. The minimum Gasteiger partial charge on any atom is -0.485 e. The van der Waals surface area contributed by atoms with Crippen LogP contribution in [0.25, 0.3) is 5.69 Å². The fourth-order valence-corrected chi connectivity index (χ4v) is 3.75. The minimum absolute atomic E-state index is 0.214. The van der Waals surface area contributed by atoms with Gasteiger partial charge in [0.15, 0.2) is 11.4 Å². The molecule has 1 aliphatic heterocycles. The first kappa shape index (κ1) is 19.1. The summed E-state index contributed by atoms with van der Waals surface area (Å²) < 4.78 is 20.9. The molecule has 5 rings (SSSR count). The minimum atomic E-state index is -0.332. The number of carbonyl (C=O) groups is 1. The van der Waals surface area contributed by atoms with Gasteiger partial charge in [-0.3, -0.25) is 4.79 Å². The third-order valence-electron chi connectivity index (χ3n) is 5.34. The number of para-hydroxylation sites is 1. The number of fused-ring (bicyclic) bond motifs is 1. The largest absolute Gasteiger partial charge is 0.485 e. The lowest BCUT2D eigenvalue weighted by molar-refractivity contribution is 0.0980. The molecular weight excluding hydrogens is 393 g/mol. The summed E-state index contributed by atoms with van der Waals surface area (Å²) in [5, 5.41) is 4.52. The molecule has 5 nitrogen and oxygen atoms in total. The number of halogens is 1. The molecule has 0 fully saturated rings. The van der Waals surface area contributed by atoms with Gasteiger partial charge in [0.25, 0.3) is 5.91 Å². The molecule has 6 heteroatoms. The highest BCUT2D eigenvalue weighted by atomic mass is 19.1. The maximum atomic E-state index is 13.5. The number of amides is 1. The van der Waals surface area contributed by atoms with Crippen molar-refractivity contribution in [1.29, 1.82) is 0 Å². The molecule has 0 bridgehead atoms. The fraction of sp³-hybridized carbons (Fsp3) is 0.120. The van der Waals surface area contributed by atoms with Crippen LogP contribution in [0.15, 0.2) is 85.1 Å². The van der Waals surface area contributed by atoms with E-state index in [0.29, 0.717) is 24.6 Å². The zero-order valence-electron chi connectivity index (χ0n) is 16.7. The first-order valence-electron chi connectivity index (χ1n) is 10.1. The predicted molar refractivity (Wildman–Crippen MR) is 116 cm³/mol. The smallest absolute Gasteiger partial charge is 0.282 e. The van der Waals surface area contributed by atoms with Gasteiger partial charge in [-0.25, -0.2) is 9.07 Å². The highest BCUT2D eigenvalue weighted by Crippen LogP contribution is 2.31. The Morgan fingerprint density at radius 3 is 2.52 bits per heavy atom. The van der Waals surface area contributed by atoms with Gasteiger partial charge in [-0.1, -0.05) is 48.5 Å². The van der Waals surface area contributed by atoms with Gasteiger partial charge in [0.05, 0.1) is 11.9 Å². The first-order chi connectivity index (χ1) is 15.2. The number of carbonyl (C=O) groups excluding carboxylic acids is 1. The molecule has 0 saturated heterocycles. The van der Waals surface area contributed by atoms with Crippen molar-refractivity contribution < 1.29 is 13.9 Å². The van der Waals surface area contributed by atoms with Crippen molar-refractivity contribution in [2.45, 2.75) is 13.0 Å². The number of anilines is 1. The van der Waals surface area contributed by atoms with Crippen LogP contribution < -0.4 is 9.64 Å². The van der Waals surface area contributed by atoms with Crippen LogP contribution in [0.5, 0.6) is 5.75 Å². The maximum absolute atomic E-state index is 13.5. The second-order valence-electron chi connectivity index (χ2n) is 7.37. The Kier molecular flexibility index (Phi) is 4.96. The maximum Gasteiger partial charge on any atom is 0.282 e. The molecule has 0 saturated carbocycles. The molecular formula is C25H20FN3O2. The Labute approximate surface area is 179 Å². The van der Waals surface area contributed by atoms with Gasteiger partial charge in [0, 0.05) is 12.2 Å². The third kappa shape index (κ3) is 3.80. The quantitative estimate of drug-likeness (QED) is 0.473. The summed E-state index contributed by atoms with van der Waals surface area (Å²) >= 11 is 0. The second-order valence-corrected chi connectivity index (χ2v) is 7.37. The van der Waals surface area contributed by atoms with Gasteiger partial charge in [0.1, 0.15) is 12.4 Å². The Morgan fingerprint density at radius 1 is 0.968 bits per heavy atom. The highest BCUT2D eigenvalue weighted by molar-refractivity contribution is 6.07. The van der Waals surface area contributed by atoms with E-state index in [1.165, 1.54) is 12.1 Å². The number of benzene rings is 3. The summed E-state index contributed by atoms with van der Waals surface area (Å²) in [6.07, 6.45) is 2.48. The van der Waals surface area contributed by atoms with Gasteiger partial charge in [-0.05, 0) is 47.9 Å². The van der Waals surface area contributed by atoms with Gasteiger partial charge in [0.2, 0.25) is 0 Å². The lowest BCUT2D eigenvalue weighted by Crippen LogP contribution is -2.29. The van der Waals surface area contributed by atoms with Crippen LogP contribution in [0.4, 0.5) is 10.1 Å². The SMILES string of the molecule is O=C(c1nn(-c2ccc(F)cc2)cc1OCc1ccccc1)N1CCc2ccccc21. The average Bonchev–Trinajstić information content (AvgIpc) is 3.43. The molecule has 1 amide bonds. The molecule has 0 spiro atoms. The first-order valence-corrected chi connectivity index (χ1v) is 10.1. The van der Waals surface area contributed by atoms with Crippen LogP contribution in [0.3, 0.4) is 0 Å². The van der Waals surface area contributed by atoms with E-state index in [0.717, 1.165) is 23.2 Å². The zero-order valence-corrected chi connectivity index (χ0v) is 16.7. The van der Waals surface area contributed by atoms with Crippen molar-refractivity contribution in [1.82, 2.24) is 9.78 Å². The molecule has 0 atom stereocenters. The van der Waals surface area contributed by atoms with Crippen molar-refractivity contribution in [3.63, 3.8) is 0 Å². The van der Waals surface area contributed by atoms with Crippen LogP contribution in [-0.4, -0.2) is 22.2 Å². The summed E-state index contributed by atoms with van der Waals surface area (Å²) in [5.41, 5.74) is 3.91. The van der Waals surface area contributed by atoms with Crippen molar-refractivity contribution in [3.8, 4) is 11.4 Å². The molecule has 1 aromatic heterocycles. The van der Waals surface area contributed by atoms with Gasteiger partial charge < -0.3 is 9.64 Å². The average molecular weight is 413 g/mol. The van der Waals surface area contributed by atoms with E-state index < -0.39 is 0 Å². The number of hydrogen-bond acceptors (Lipinski definition) is 3. The number of hydrogen-bond donors (Lipinski definition) is 0. The second kappa shape index (κ2) is 8.07. The molecule has 4 aromatic rings. The molecule has 31 heavy (non-hydrogen) atoms. The van der Waals surface area contributed by atoms with Gasteiger partial charge in [-0.2, -0.15) is 5.10 Å². The van der Waals surface area contributed by atoms with Crippen LogP contribution in [-0.2, 0) is 13.0 Å². The van der Waals surface area contributed by atoms with Crippen molar-refractivity contribution in [2.75, 3.05) is 11.4 Å². The molecule has 154 valence electrons. The van der Waals surface area contributed by atoms with E-state index in [-0.39, 0.29) is 17.4 Å². The van der Waals surface area contributed by atoms with E-state index in [1.807, 2.05) is 54.6 Å². The van der Waals surface area contributed by atoms with Crippen molar-refractivity contribution in [3.05, 3.63) is 108 Å². The van der Waals surface area contributed by atoms with Crippen LogP contribution >= 0.6 is 0 Å². The van der Waals surface area contributed by atoms with E-state index in [9.17, 15) is 9.18 Å². The molecule has 3 aromatic carbocycles. The number of ether oxygens (including phenoxy) is 1. The zero-order chi connectivity index (χ0) is 21.2. The van der Waals surface area contributed by atoms with Gasteiger partial charge >= 0.3 is 0 Å². The van der Waals surface area contributed by atoms with Crippen LogP contribution in [0.2, 0.25) is 0 Å². The van der Waals surface area contributed by atoms with E-state index in [1.54, 1.807) is 27.9 Å². The topological polar surface area (TPSA) is 47.4 Å². The van der Waals surface area contributed by atoms with E-state index >= 15 is 0 Å². The summed E-state index contributed by atoms with van der Waals surface area (Å²) in [7, 11) is 0. The van der Waals surface area contributed by atoms with E-state index in [4.69, 9.17) is 4.74 Å². The van der Waals surface area contributed by atoms with Crippen LogP contribution in [0, 0.1) is 5.82 Å². The standard InChI is InChI=1S/C25H20FN3O2/c26-20-10-12-21(13-11-20)29-16-23(31-17-18-6-2-1-3-7-18)24(27-29)25(30)28-15-14-19-8-4-5-9-22(19)28/h1-13,16H,14-15,17H2. The normalized spacial score (nSPS) is 12.6. The Bertz CT molecular complexity index is 1220. The summed E-state index contributed by atoms with van der Waals surface area (Å²) in [5.74, 6) is -0.155. The lowest BCUT2D eigenvalue weighted by Gasteiger charge is -2.16.